The van der Waals surface area contributed by atoms with E-state index in [1.807, 2.05) is 6.92 Å². The van der Waals surface area contributed by atoms with Gasteiger partial charge in [0.05, 0.1) is 6.61 Å². The van der Waals surface area contributed by atoms with Gasteiger partial charge in [-0.1, -0.05) is 11.6 Å². The normalized spacial score (nSPS) is 10.4. The molecule has 106 valence electrons. The maximum Gasteiger partial charge on any atom is 0.243 e. The number of ether oxygens (including phenoxy) is 2. The molecule has 0 saturated heterocycles. The first-order chi connectivity index (χ1) is 9.11. The van der Waals surface area contributed by atoms with Gasteiger partial charge in [-0.3, -0.25) is 4.79 Å². The van der Waals surface area contributed by atoms with Crippen LogP contribution in [0.25, 0.3) is 0 Å². The lowest BCUT2D eigenvalue weighted by atomic mass is 10.5. The van der Waals surface area contributed by atoms with E-state index in [1.165, 1.54) is 0 Å². The van der Waals surface area contributed by atoms with Crippen LogP contribution in [-0.2, 0) is 20.9 Å². The van der Waals surface area contributed by atoms with E-state index in [0.29, 0.717) is 43.2 Å². The first-order valence-electron chi connectivity index (χ1n) is 5.83. The Morgan fingerprint density at radius 1 is 1.47 bits per heavy atom. The molecule has 1 aromatic heterocycles. The predicted molar refractivity (Wildman–Crippen MR) is 70.9 cm³/mol. The maximum absolute atomic E-state index is 10.4. The monoisotopic (exact) mass is 288 g/mol. The fourth-order valence-electron chi connectivity index (χ4n) is 1.24. The van der Waals surface area contributed by atoms with Crippen molar-refractivity contribution < 1.29 is 14.3 Å². The SMILES string of the molecule is CCOCc1nc(Cl)cc(NCCOCC(N)=O)n1. The van der Waals surface area contributed by atoms with Crippen molar-refractivity contribution in [2.75, 3.05) is 31.7 Å². The second-order valence-electron chi connectivity index (χ2n) is 3.57. The summed E-state index contributed by atoms with van der Waals surface area (Å²) in [6.07, 6.45) is 0. The highest BCUT2D eigenvalue weighted by atomic mass is 35.5. The van der Waals surface area contributed by atoms with Crippen molar-refractivity contribution >= 4 is 23.3 Å². The first-order valence-corrected chi connectivity index (χ1v) is 6.20. The molecule has 19 heavy (non-hydrogen) atoms. The average molecular weight is 289 g/mol. The van der Waals surface area contributed by atoms with Crippen molar-refractivity contribution in [2.24, 2.45) is 5.73 Å². The average Bonchev–Trinajstić information content (AvgIpc) is 2.35. The van der Waals surface area contributed by atoms with E-state index in [4.69, 9.17) is 26.8 Å². The van der Waals surface area contributed by atoms with Crippen LogP contribution in [-0.4, -0.2) is 42.2 Å². The molecule has 1 heterocycles. The number of carbonyl (C=O) groups is 1. The molecule has 0 aliphatic carbocycles. The van der Waals surface area contributed by atoms with E-state index in [2.05, 4.69) is 15.3 Å². The number of hydrogen-bond acceptors (Lipinski definition) is 6. The van der Waals surface area contributed by atoms with Crippen LogP contribution in [0.4, 0.5) is 5.82 Å². The number of primary amides is 1. The van der Waals surface area contributed by atoms with Gasteiger partial charge in [-0.15, -0.1) is 0 Å². The Balaban J connectivity index is 2.40. The van der Waals surface area contributed by atoms with Gasteiger partial charge in [0.25, 0.3) is 0 Å². The van der Waals surface area contributed by atoms with Crippen LogP contribution in [0.5, 0.6) is 0 Å². The molecule has 0 aromatic carbocycles. The van der Waals surface area contributed by atoms with Gasteiger partial charge in [0, 0.05) is 19.2 Å². The van der Waals surface area contributed by atoms with Gasteiger partial charge in [-0.25, -0.2) is 9.97 Å². The summed E-state index contributed by atoms with van der Waals surface area (Å²) in [6, 6.07) is 1.60. The van der Waals surface area contributed by atoms with E-state index in [0.717, 1.165) is 0 Å². The molecule has 0 bridgehead atoms. The van der Waals surface area contributed by atoms with E-state index >= 15 is 0 Å². The van der Waals surface area contributed by atoms with Gasteiger partial charge in [0.2, 0.25) is 5.91 Å². The fraction of sp³-hybridized carbons (Fsp3) is 0.545. The summed E-state index contributed by atoms with van der Waals surface area (Å²) in [7, 11) is 0. The van der Waals surface area contributed by atoms with Gasteiger partial charge in [-0.05, 0) is 6.92 Å². The standard InChI is InChI=1S/C11H17ClN4O3/c1-2-18-7-11-15-8(12)5-10(16-11)14-3-4-19-6-9(13)17/h5H,2-4,6-7H2,1H3,(H2,13,17)(H,14,15,16). The molecule has 3 N–H and O–H groups in total. The molecule has 0 aliphatic heterocycles. The minimum absolute atomic E-state index is 0.0954. The minimum atomic E-state index is -0.496. The molecule has 7 nitrogen and oxygen atoms in total. The number of anilines is 1. The van der Waals surface area contributed by atoms with Crippen LogP contribution >= 0.6 is 11.6 Å². The molecule has 0 aliphatic rings. The van der Waals surface area contributed by atoms with Gasteiger partial charge < -0.3 is 20.5 Å². The van der Waals surface area contributed by atoms with Crippen molar-refractivity contribution in [2.45, 2.75) is 13.5 Å². The lowest BCUT2D eigenvalue weighted by Gasteiger charge is -2.08. The summed E-state index contributed by atoms with van der Waals surface area (Å²) >= 11 is 5.87. The summed E-state index contributed by atoms with van der Waals surface area (Å²) in [5, 5.41) is 3.35. The Hall–Kier alpha value is -1.44. The number of nitrogens with one attached hydrogen (secondary N) is 1. The Kier molecular flexibility index (Phi) is 7.09. The molecule has 1 amide bonds. The molecule has 0 radical (unpaired) electrons. The second-order valence-corrected chi connectivity index (χ2v) is 3.96. The van der Waals surface area contributed by atoms with Crippen molar-refractivity contribution in [3.63, 3.8) is 0 Å². The lowest BCUT2D eigenvalue weighted by molar-refractivity contribution is -0.122. The summed E-state index contributed by atoms with van der Waals surface area (Å²) in [6.45, 7) is 3.51. The van der Waals surface area contributed by atoms with Crippen molar-refractivity contribution in [1.29, 1.82) is 0 Å². The smallest absolute Gasteiger partial charge is 0.243 e. The molecular weight excluding hydrogens is 272 g/mol. The first kappa shape index (κ1) is 15.6. The number of amides is 1. The molecule has 0 fully saturated rings. The summed E-state index contributed by atoms with van der Waals surface area (Å²) < 4.78 is 10.2. The number of carbonyl (C=O) groups excluding carboxylic acids is 1. The van der Waals surface area contributed by atoms with Crippen LogP contribution in [0.1, 0.15) is 12.7 Å². The third-order valence-electron chi connectivity index (χ3n) is 1.97. The van der Waals surface area contributed by atoms with Crippen molar-refractivity contribution in [3.8, 4) is 0 Å². The molecule has 0 unspecified atom stereocenters. The Labute approximate surface area is 116 Å². The van der Waals surface area contributed by atoms with Gasteiger partial charge >= 0.3 is 0 Å². The van der Waals surface area contributed by atoms with Gasteiger partial charge in [0.15, 0.2) is 5.82 Å². The number of nitrogens with zero attached hydrogens (tertiary/aromatic N) is 2. The third-order valence-corrected chi connectivity index (χ3v) is 2.17. The summed E-state index contributed by atoms with van der Waals surface area (Å²) in [4.78, 5) is 18.7. The Morgan fingerprint density at radius 3 is 2.95 bits per heavy atom. The quantitative estimate of drug-likeness (QED) is 0.509. The largest absolute Gasteiger partial charge is 0.374 e. The van der Waals surface area contributed by atoms with E-state index in [9.17, 15) is 4.79 Å². The molecule has 0 spiro atoms. The number of aromatic nitrogens is 2. The molecule has 1 rings (SSSR count). The van der Waals surface area contributed by atoms with E-state index in [1.54, 1.807) is 6.07 Å². The van der Waals surface area contributed by atoms with Crippen molar-refractivity contribution in [3.05, 3.63) is 17.0 Å². The van der Waals surface area contributed by atoms with Crippen molar-refractivity contribution in [1.82, 2.24) is 9.97 Å². The van der Waals surface area contributed by atoms with Gasteiger partial charge in [-0.2, -0.15) is 0 Å². The highest BCUT2D eigenvalue weighted by molar-refractivity contribution is 6.29. The molecule has 1 aromatic rings. The molecule has 0 atom stereocenters. The number of rotatable bonds is 9. The second kappa shape index (κ2) is 8.63. The summed E-state index contributed by atoms with van der Waals surface area (Å²) in [5.41, 5.74) is 4.94. The zero-order chi connectivity index (χ0) is 14.1. The van der Waals surface area contributed by atoms with E-state index in [-0.39, 0.29) is 6.61 Å². The fourth-order valence-corrected chi connectivity index (χ4v) is 1.44. The minimum Gasteiger partial charge on any atom is -0.374 e. The Morgan fingerprint density at radius 2 is 2.26 bits per heavy atom. The number of halogens is 1. The molecule has 8 heteroatoms. The van der Waals surface area contributed by atoms with Crippen LogP contribution in [0.15, 0.2) is 6.07 Å². The third kappa shape index (κ3) is 6.90. The zero-order valence-electron chi connectivity index (χ0n) is 10.7. The summed E-state index contributed by atoms with van der Waals surface area (Å²) in [5.74, 6) is 0.594. The molecule has 0 saturated carbocycles. The van der Waals surface area contributed by atoms with Gasteiger partial charge in [0.1, 0.15) is 24.2 Å². The topological polar surface area (TPSA) is 99.4 Å². The Bertz CT molecular complexity index is 417. The number of nitrogens with two attached hydrogens (primary N) is 1. The zero-order valence-corrected chi connectivity index (χ0v) is 11.4. The lowest BCUT2D eigenvalue weighted by Crippen LogP contribution is -2.20. The predicted octanol–water partition coefficient (Wildman–Crippen LogP) is 0.580. The van der Waals surface area contributed by atoms with Crippen LogP contribution in [0.3, 0.4) is 0 Å². The van der Waals surface area contributed by atoms with Crippen LogP contribution in [0.2, 0.25) is 5.15 Å². The van der Waals surface area contributed by atoms with Crippen LogP contribution < -0.4 is 11.1 Å². The number of hydrogen-bond donors (Lipinski definition) is 2. The highest BCUT2D eigenvalue weighted by Crippen LogP contribution is 2.11. The van der Waals surface area contributed by atoms with E-state index < -0.39 is 5.91 Å². The maximum atomic E-state index is 10.4. The highest BCUT2D eigenvalue weighted by Gasteiger charge is 2.03. The van der Waals surface area contributed by atoms with Crippen LogP contribution in [0, 0.1) is 0 Å². The molecular formula is C11H17ClN4O3.